The molecular formula is C14H16N2O3S. The normalized spacial score (nSPS) is 11.3. The van der Waals surface area contributed by atoms with Crippen molar-refractivity contribution in [2.24, 2.45) is 5.73 Å². The Morgan fingerprint density at radius 3 is 2.65 bits per heavy atom. The maximum Gasteiger partial charge on any atom is 0.222 e. The van der Waals surface area contributed by atoms with Crippen LogP contribution in [0.25, 0.3) is 0 Å². The minimum Gasteiger partial charge on any atom is -0.439 e. The van der Waals surface area contributed by atoms with E-state index in [4.69, 9.17) is 10.5 Å². The van der Waals surface area contributed by atoms with Gasteiger partial charge in [-0.15, -0.1) is 0 Å². The highest BCUT2D eigenvalue weighted by molar-refractivity contribution is 7.90. The first-order valence-corrected chi connectivity index (χ1v) is 7.93. The molecule has 2 N–H and O–H groups in total. The summed E-state index contributed by atoms with van der Waals surface area (Å²) >= 11 is 0. The first-order valence-electron chi connectivity index (χ1n) is 6.03. The van der Waals surface area contributed by atoms with E-state index in [1.165, 1.54) is 12.1 Å². The van der Waals surface area contributed by atoms with E-state index in [-0.39, 0.29) is 4.90 Å². The van der Waals surface area contributed by atoms with Crippen molar-refractivity contribution in [3.05, 3.63) is 47.7 Å². The van der Waals surface area contributed by atoms with E-state index in [0.717, 1.165) is 17.4 Å². The van der Waals surface area contributed by atoms with Crippen molar-refractivity contribution in [1.82, 2.24) is 4.98 Å². The van der Waals surface area contributed by atoms with Crippen LogP contribution in [0, 0.1) is 6.92 Å². The average molecular weight is 292 g/mol. The van der Waals surface area contributed by atoms with Crippen LogP contribution in [0.2, 0.25) is 0 Å². The molecule has 0 saturated carbocycles. The highest BCUT2D eigenvalue weighted by Crippen LogP contribution is 2.25. The summed E-state index contributed by atoms with van der Waals surface area (Å²) in [7, 11) is -3.26. The third kappa shape index (κ3) is 3.34. The van der Waals surface area contributed by atoms with Crippen molar-refractivity contribution < 1.29 is 13.2 Å². The molecule has 6 heteroatoms. The van der Waals surface area contributed by atoms with E-state index in [1.54, 1.807) is 18.3 Å². The van der Waals surface area contributed by atoms with E-state index in [1.807, 2.05) is 13.0 Å². The highest BCUT2D eigenvalue weighted by Gasteiger charge is 2.09. The molecule has 5 nitrogen and oxygen atoms in total. The maximum absolute atomic E-state index is 11.5. The molecular weight excluding hydrogens is 276 g/mol. The van der Waals surface area contributed by atoms with Crippen molar-refractivity contribution in [3.8, 4) is 11.6 Å². The van der Waals surface area contributed by atoms with Crippen LogP contribution in [0.1, 0.15) is 11.1 Å². The van der Waals surface area contributed by atoms with Crippen LogP contribution in [-0.4, -0.2) is 19.7 Å². The molecule has 2 rings (SSSR count). The van der Waals surface area contributed by atoms with E-state index in [0.29, 0.717) is 18.2 Å². The fourth-order valence-corrected chi connectivity index (χ4v) is 2.37. The van der Waals surface area contributed by atoms with Crippen LogP contribution in [-0.2, 0) is 16.4 Å². The predicted molar refractivity (Wildman–Crippen MR) is 76.5 cm³/mol. The Kier molecular flexibility index (Phi) is 4.06. The Labute approximate surface area is 118 Å². The number of nitrogens with two attached hydrogens (primary N) is 1. The van der Waals surface area contributed by atoms with Crippen LogP contribution >= 0.6 is 0 Å². The van der Waals surface area contributed by atoms with Gasteiger partial charge in [-0.1, -0.05) is 6.07 Å². The lowest BCUT2D eigenvalue weighted by Gasteiger charge is -2.09. The Morgan fingerprint density at radius 2 is 2.05 bits per heavy atom. The molecule has 0 radical (unpaired) electrons. The van der Waals surface area contributed by atoms with E-state index < -0.39 is 9.84 Å². The summed E-state index contributed by atoms with van der Waals surface area (Å²) in [5.41, 5.74) is 7.30. The summed E-state index contributed by atoms with van der Waals surface area (Å²) in [4.78, 5) is 4.40. The number of benzene rings is 1. The van der Waals surface area contributed by atoms with Gasteiger partial charge in [0, 0.05) is 24.6 Å². The molecule has 2 aromatic rings. The predicted octanol–water partition coefficient (Wildman–Crippen LogP) is 2.04. The monoisotopic (exact) mass is 292 g/mol. The molecule has 0 spiro atoms. The Bertz CT molecular complexity index is 727. The number of hydrogen-bond acceptors (Lipinski definition) is 5. The molecule has 0 bridgehead atoms. The molecule has 1 aromatic carbocycles. The summed E-state index contributed by atoms with van der Waals surface area (Å²) in [6, 6.07) is 8.22. The van der Waals surface area contributed by atoms with Gasteiger partial charge in [0.1, 0.15) is 5.75 Å². The lowest BCUT2D eigenvalue weighted by molar-refractivity contribution is 0.457. The molecule has 1 aromatic heterocycles. The second-order valence-corrected chi connectivity index (χ2v) is 6.53. The molecule has 20 heavy (non-hydrogen) atoms. The van der Waals surface area contributed by atoms with Crippen LogP contribution in [0.5, 0.6) is 11.6 Å². The average Bonchev–Trinajstić information content (AvgIpc) is 2.40. The standard InChI is InChI=1S/C14H16N2O3S/c1-10-6-11(8-15)9-16-14(10)19-12-4-3-5-13(7-12)20(2,17)18/h3-7,9H,8,15H2,1-2H3. The lowest BCUT2D eigenvalue weighted by Crippen LogP contribution is -2.00. The van der Waals surface area contributed by atoms with Crippen LogP contribution in [0.3, 0.4) is 0 Å². The Morgan fingerprint density at radius 1 is 1.30 bits per heavy atom. The van der Waals surface area contributed by atoms with Gasteiger partial charge in [0.15, 0.2) is 9.84 Å². The minimum atomic E-state index is -3.26. The Hall–Kier alpha value is -1.92. The highest BCUT2D eigenvalue weighted by atomic mass is 32.2. The van der Waals surface area contributed by atoms with Gasteiger partial charge in [-0.25, -0.2) is 13.4 Å². The van der Waals surface area contributed by atoms with Gasteiger partial charge < -0.3 is 10.5 Å². The zero-order valence-corrected chi connectivity index (χ0v) is 12.1. The van der Waals surface area contributed by atoms with Gasteiger partial charge in [-0.3, -0.25) is 0 Å². The minimum absolute atomic E-state index is 0.214. The number of aryl methyl sites for hydroxylation is 1. The molecule has 0 atom stereocenters. The summed E-state index contributed by atoms with van der Waals surface area (Å²) in [6.07, 6.45) is 2.80. The SMILES string of the molecule is Cc1cc(CN)cnc1Oc1cccc(S(C)(=O)=O)c1. The molecule has 0 amide bonds. The zero-order valence-electron chi connectivity index (χ0n) is 11.3. The molecule has 1 heterocycles. The van der Waals surface area contributed by atoms with Gasteiger partial charge in [0.2, 0.25) is 5.88 Å². The number of hydrogen-bond donors (Lipinski definition) is 1. The van der Waals surface area contributed by atoms with Gasteiger partial charge in [0.05, 0.1) is 4.90 Å². The van der Waals surface area contributed by atoms with E-state index in [9.17, 15) is 8.42 Å². The van der Waals surface area contributed by atoms with Crippen molar-refractivity contribution in [2.75, 3.05) is 6.26 Å². The fourth-order valence-electron chi connectivity index (χ4n) is 1.72. The lowest BCUT2D eigenvalue weighted by atomic mass is 10.2. The Balaban J connectivity index is 2.31. The van der Waals surface area contributed by atoms with Gasteiger partial charge in [0.25, 0.3) is 0 Å². The summed E-state index contributed by atoms with van der Waals surface area (Å²) in [5.74, 6) is 0.872. The quantitative estimate of drug-likeness (QED) is 0.932. The van der Waals surface area contributed by atoms with Gasteiger partial charge >= 0.3 is 0 Å². The van der Waals surface area contributed by atoms with Gasteiger partial charge in [-0.05, 0) is 36.8 Å². The number of ether oxygens (including phenoxy) is 1. The zero-order chi connectivity index (χ0) is 14.8. The number of sulfone groups is 1. The van der Waals surface area contributed by atoms with Crippen LogP contribution in [0.4, 0.5) is 0 Å². The largest absolute Gasteiger partial charge is 0.439 e. The number of aromatic nitrogens is 1. The molecule has 106 valence electrons. The van der Waals surface area contributed by atoms with E-state index in [2.05, 4.69) is 4.98 Å². The fraction of sp³-hybridized carbons (Fsp3) is 0.214. The molecule has 0 fully saturated rings. The first-order chi connectivity index (χ1) is 9.40. The first kappa shape index (κ1) is 14.5. The third-order valence-electron chi connectivity index (χ3n) is 2.77. The molecule has 0 saturated heterocycles. The molecule has 0 aliphatic rings. The number of nitrogens with zero attached hydrogens (tertiary/aromatic N) is 1. The number of rotatable bonds is 4. The topological polar surface area (TPSA) is 82.3 Å². The van der Waals surface area contributed by atoms with E-state index >= 15 is 0 Å². The number of pyridine rings is 1. The van der Waals surface area contributed by atoms with Gasteiger partial charge in [-0.2, -0.15) is 0 Å². The van der Waals surface area contributed by atoms with Crippen molar-refractivity contribution in [3.63, 3.8) is 0 Å². The van der Waals surface area contributed by atoms with Crippen molar-refractivity contribution in [2.45, 2.75) is 18.4 Å². The van der Waals surface area contributed by atoms with Crippen LogP contribution < -0.4 is 10.5 Å². The summed E-state index contributed by atoms with van der Waals surface area (Å²) in [5, 5.41) is 0. The smallest absolute Gasteiger partial charge is 0.222 e. The maximum atomic E-state index is 11.5. The summed E-state index contributed by atoms with van der Waals surface area (Å²) in [6.45, 7) is 2.28. The molecule has 0 unspecified atom stereocenters. The summed E-state index contributed by atoms with van der Waals surface area (Å²) < 4.78 is 28.6. The van der Waals surface area contributed by atoms with Crippen molar-refractivity contribution >= 4 is 9.84 Å². The molecule has 0 aliphatic carbocycles. The van der Waals surface area contributed by atoms with Crippen LogP contribution in [0.15, 0.2) is 41.4 Å². The second kappa shape index (κ2) is 5.60. The third-order valence-corrected chi connectivity index (χ3v) is 3.88. The second-order valence-electron chi connectivity index (χ2n) is 4.52. The molecule has 0 aliphatic heterocycles. The van der Waals surface area contributed by atoms with Crippen molar-refractivity contribution in [1.29, 1.82) is 0 Å².